The lowest BCUT2D eigenvalue weighted by atomic mass is 9.86. The molecule has 0 bridgehead atoms. The van der Waals surface area contributed by atoms with E-state index >= 15 is 0 Å². The number of nitrogens with zero attached hydrogens (tertiary/aromatic N) is 2. The van der Waals surface area contributed by atoms with Gasteiger partial charge in [-0.3, -0.25) is 4.98 Å². The highest BCUT2D eigenvalue weighted by Gasteiger charge is 2.23. The van der Waals surface area contributed by atoms with Crippen LogP contribution in [0.1, 0.15) is 24.1 Å². The molecule has 3 aromatic rings. The van der Waals surface area contributed by atoms with Gasteiger partial charge in [0.2, 0.25) is 0 Å². The number of rotatable bonds is 2. The summed E-state index contributed by atoms with van der Waals surface area (Å²) in [5, 5.41) is 13.0. The molecule has 3 nitrogen and oxygen atoms in total. The molecule has 3 heteroatoms. The monoisotopic (exact) mass is 314 g/mol. The van der Waals surface area contributed by atoms with Crippen molar-refractivity contribution in [1.82, 2.24) is 4.98 Å². The highest BCUT2D eigenvalue weighted by atomic mass is 16.4. The largest absolute Gasteiger partial charge is 0.411 e. The fourth-order valence-electron chi connectivity index (χ4n) is 3.35. The highest BCUT2D eigenvalue weighted by Crippen LogP contribution is 2.34. The number of oxime groups is 1. The van der Waals surface area contributed by atoms with E-state index in [1.807, 2.05) is 36.4 Å². The SMILES string of the molecule is O/N=C1/CCCc2nc(-c3ccccc3)cc(-c3ccccc3)c21. The maximum absolute atomic E-state index is 9.46. The van der Waals surface area contributed by atoms with E-state index < -0.39 is 0 Å². The molecule has 0 saturated heterocycles. The summed E-state index contributed by atoms with van der Waals surface area (Å²) in [5.74, 6) is 0. The van der Waals surface area contributed by atoms with E-state index in [1.165, 1.54) is 0 Å². The van der Waals surface area contributed by atoms with E-state index in [9.17, 15) is 5.21 Å². The van der Waals surface area contributed by atoms with Crippen molar-refractivity contribution in [2.45, 2.75) is 19.3 Å². The van der Waals surface area contributed by atoms with Gasteiger partial charge in [0.05, 0.1) is 17.1 Å². The molecule has 0 unspecified atom stereocenters. The minimum absolute atomic E-state index is 0.738. The molecule has 0 atom stereocenters. The predicted octanol–water partition coefficient (Wildman–Crippen LogP) is 4.93. The van der Waals surface area contributed by atoms with Crippen molar-refractivity contribution in [1.29, 1.82) is 0 Å². The minimum atomic E-state index is 0.738. The standard InChI is InChI=1S/C21H18N2O/c24-23-19-13-7-12-18-21(19)17(15-8-3-1-4-9-15)14-20(22-18)16-10-5-2-6-11-16/h1-6,8-11,14,24H,7,12-13H2/b23-19-. The van der Waals surface area contributed by atoms with E-state index in [0.717, 1.165) is 58.6 Å². The van der Waals surface area contributed by atoms with Crippen LogP contribution in [-0.4, -0.2) is 15.9 Å². The van der Waals surface area contributed by atoms with Crippen LogP contribution in [0.5, 0.6) is 0 Å². The van der Waals surface area contributed by atoms with Gasteiger partial charge in [0.1, 0.15) is 0 Å². The van der Waals surface area contributed by atoms with Gasteiger partial charge >= 0.3 is 0 Å². The third-order valence-electron chi connectivity index (χ3n) is 4.49. The van der Waals surface area contributed by atoms with Gasteiger partial charge in [-0.25, -0.2) is 0 Å². The Balaban J connectivity index is 1.99. The Kier molecular flexibility index (Phi) is 3.83. The van der Waals surface area contributed by atoms with Crippen LogP contribution in [0.25, 0.3) is 22.4 Å². The second-order valence-electron chi connectivity index (χ2n) is 6.01. The Hall–Kier alpha value is -2.94. The molecule has 0 saturated carbocycles. The molecule has 0 aliphatic heterocycles. The third kappa shape index (κ3) is 2.58. The van der Waals surface area contributed by atoms with Crippen molar-refractivity contribution < 1.29 is 5.21 Å². The molecule has 1 aliphatic carbocycles. The summed E-state index contributed by atoms with van der Waals surface area (Å²) in [7, 11) is 0. The first-order valence-corrected chi connectivity index (χ1v) is 8.23. The van der Waals surface area contributed by atoms with Crippen LogP contribution in [0.3, 0.4) is 0 Å². The lowest BCUT2D eigenvalue weighted by Crippen LogP contribution is -2.16. The molecular formula is C21H18N2O. The number of fused-ring (bicyclic) bond motifs is 1. The summed E-state index contributed by atoms with van der Waals surface area (Å²) in [4.78, 5) is 4.88. The van der Waals surface area contributed by atoms with Crippen molar-refractivity contribution >= 4 is 5.71 Å². The lowest BCUT2D eigenvalue weighted by Gasteiger charge is -2.21. The summed E-state index contributed by atoms with van der Waals surface area (Å²) in [6, 6.07) is 22.6. The van der Waals surface area contributed by atoms with Gasteiger partial charge in [-0.15, -0.1) is 0 Å². The van der Waals surface area contributed by atoms with Crippen molar-refractivity contribution in [2.75, 3.05) is 0 Å². The normalized spacial score (nSPS) is 15.2. The van der Waals surface area contributed by atoms with Gasteiger partial charge in [0.25, 0.3) is 0 Å². The topological polar surface area (TPSA) is 45.5 Å². The van der Waals surface area contributed by atoms with E-state index in [1.54, 1.807) is 0 Å². The number of aryl methyl sites for hydroxylation is 1. The maximum Gasteiger partial charge on any atom is 0.0892 e. The van der Waals surface area contributed by atoms with Gasteiger partial charge in [-0.2, -0.15) is 0 Å². The Labute approximate surface area is 141 Å². The van der Waals surface area contributed by atoms with Crippen LogP contribution < -0.4 is 0 Å². The molecule has 0 spiro atoms. The first kappa shape index (κ1) is 14.6. The molecule has 1 N–H and O–H groups in total. The molecule has 0 radical (unpaired) electrons. The summed E-state index contributed by atoms with van der Waals surface area (Å²) in [5.41, 5.74) is 7.03. The van der Waals surface area contributed by atoms with Crippen LogP contribution >= 0.6 is 0 Å². The van der Waals surface area contributed by atoms with Gasteiger partial charge in [-0.05, 0) is 36.5 Å². The summed E-state index contributed by atoms with van der Waals surface area (Å²) < 4.78 is 0. The number of aromatic nitrogens is 1. The summed E-state index contributed by atoms with van der Waals surface area (Å²) >= 11 is 0. The van der Waals surface area contributed by atoms with E-state index in [4.69, 9.17) is 4.98 Å². The van der Waals surface area contributed by atoms with Gasteiger partial charge in [0, 0.05) is 11.1 Å². The summed E-state index contributed by atoms with van der Waals surface area (Å²) in [6.07, 6.45) is 2.66. The van der Waals surface area contributed by atoms with E-state index in [-0.39, 0.29) is 0 Å². The smallest absolute Gasteiger partial charge is 0.0892 e. The van der Waals surface area contributed by atoms with Crippen molar-refractivity contribution in [2.24, 2.45) is 5.16 Å². The zero-order valence-corrected chi connectivity index (χ0v) is 13.3. The fraction of sp³-hybridized carbons (Fsp3) is 0.143. The number of benzene rings is 2. The molecule has 0 amide bonds. The third-order valence-corrected chi connectivity index (χ3v) is 4.49. The van der Waals surface area contributed by atoms with Gasteiger partial charge < -0.3 is 5.21 Å². The number of hydrogen-bond donors (Lipinski definition) is 1. The van der Waals surface area contributed by atoms with Crippen LogP contribution in [0, 0.1) is 0 Å². The Morgan fingerprint density at radius 1 is 0.833 bits per heavy atom. The van der Waals surface area contributed by atoms with Gasteiger partial charge in [0.15, 0.2) is 0 Å². The second-order valence-corrected chi connectivity index (χ2v) is 6.01. The lowest BCUT2D eigenvalue weighted by molar-refractivity contribution is 0.317. The average molecular weight is 314 g/mol. The quantitative estimate of drug-likeness (QED) is 0.538. The number of pyridine rings is 1. The molecular weight excluding hydrogens is 296 g/mol. The van der Waals surface area contributed by atoms with Crippen LogP contribution in [-0.2, 0) is 6.42 Å². The average Bonchev–Trinajstić information content (AvgIpc) is 2.68. The number of hydrogen-bond acceptors (Lipinski definition) is 3. The molecule has 118 valence electrons. The minimum Gasteiger partial charge on any atom is -0.411 e. The molecule has 1 aliphatic rings. The molecule has 4 rings (SSSR count). The first-order valence-electron chi connectivity index (χ1n) is 8.23. The first-order chi connectivity index (χ1) is 11.9. The fourth-order valence-corrected chi connectivity index (χ4v) is 3.35. The maximum atomic E-state index is 9.46. The van der Waals surface area contributed by atoms with Gasteiger partial charge in [-0.1, -0.05) is 65.8 Å². The predicted molar refractivity (Wildman–Crippen MR) is 96.4 cm³/mol. The van der Waals surface area contributed by atoms with Crippen LogP contribution in [0.2, 0.25) is 0 Å². The van der Waals surface area contributed by atoms with E-state index in [0.29, 0.717) is 0 Å². The van der Waals surface area contributed by atoms with Crippen molar-refractivity contribution in [3.05, 3.63) is 78.0 Å². The van der Waals surface area contributed by atoms with E-state index in [2.05, 4.69) is 35.5 Å². The summed E-state index contributed by atoms with van der Waals surface area (Å²) in [6.45, 7) is 0. The molecule has 1 aromatic heterocycles. The molecule has 0 fully saturated rings. The Morgan fingerprint density at radius 3 is 2.17 bits per heavy atom. The molecule has 24 heavy (non-hydrogen) atoms. The Bertz CT molecular complexity index is 886. The zero-order chi connectivity index (χ0) is 16.4. The zero-order valence-electron chi connectivity index (χ0n) is 13.3. The highest BCUT2D eigenvalue weighted by molar-refractivity contribution is 6.07. The molecule has 2 aromatic carbocycles. The van der Waals surface area contributed by atoms with Crippen molar-refractivity contribution in [3.8, 4) is 22.4 Å². The second kappa shape index (κ2) is 6.28. The van der Waals surface area contributed by atoms with Crippen LogP contribution in [0.15, 0.2) is 71.9 Å². The Morgan fingerprint density at radius 2 is 1.50 bits per heavy atom. The van der Waals surface area contributed by atoms with Crippen molar-refractivity contribution in [3.63, 3.8) is 0 Å². The van der Waals surface area contributed by atoms with Crippen LogP contribution in [0.4, 0.5) is 0 Å². The molecule has 1 heterocycles.